The third kappa shape index (κ3) is 3.87. The topological polar surface area (TPSA) is 56.0 Å². The molecule has 0 saturated carbocycles. The van der Waals surface area contributed by atoms with Crippen molar-refractivity contribution in [2.75, 3.05) is 13.1 Å². The van der Waals surface area contributed by atoms with E-state index in [2.05, 4.69) is 52.7 Å². The Morgan fingerprint density at radius 2 is 2.03 bits per heavy atom. The molecule has 2 aromatic heterocycles. The van der Waals surface area contributed by atoms with Crippen LogP contribution in [0.25, 0.3) is 11.0 Å². The number of carbonyl (C=O) groups is 1. The minimum atomic E-state index is 0.250. The average Bonchev–Trinajstić information content (AvgIpc) is 3.23. The van der Waals surface area contributed by atoms with Crippen LogP contribution in [0.15, 0.2) is 24.3 Å². The highest BCUT2D eigenvalue weighted by Crippen LogP contribution is 2.30. The summed E-state index contributed by atoms with van der Waals surface area (Å²) in [4.78, 5) is 20.1. The summed E-state index contributed by atoms with van der Waals surface area (Å²) in [6, 6.07) is 8.38. The van der Waals surface area contributed by atoms with Gasteiger partial charge in [0.05, 0.1) is 16.7 Å². The molecule has 6 heteroatoms. The minimum absolute atomic E-state index is 0.250. The minimum Gasteiger partial charge on any atom is -0.342 e. The highest BCUT2D eigenvalue weighted by Gasteiger charge is 2.28. The first-order chi connectivity index (χ1) is 14.5. The van der Waals surface area contributed by atoms with E-state index in [-0.39, 0.29) is 5.91 Å². The second-order valence-corrected chi connectivity index (χ2v) is 8.56. The summed E-state index contributed by atoms with van der Waals surface area (Å²) < 4.78 is 4.28. The predicted molar refractivity (Wildman–Crippen MR) is 120 cm³/mol. The van der Waals surface area contributed by atoms with Gasteiger partial charge in [-0.3, -0.25) is 9.48 Å². The molecule has 6 nitrogen and oxygen atoms in total. The van der Waals surface area contributed by atoms with Crippen LogP contribution in [0, 0.1) is 13.8 Å². The van der Waals surface area contributed by atoms with Gasteiger partial charge in [-0.1, -0.05) is 19.1 Å². The molecule has 0 radical (unpaired) electrons. The van der Waals surface area contributed by atoms with Crippen LogP contribution in [0.2, 0.25) is 0 Å². The van der Waals surface area contributed by atoms with Crippen molar-refractivity contribution in [3.8, 4) is 0 Å². The highest BCUT2D eigenvalue weighted by molar-refractivity contribution is 5.77. The number of hydrogen-bond acceptors (Lipinski definition) is 3. The Bertz CT molecular complexity index is 1050. The van der Waals surface area contributed by atoms with Crippen molar-refractivity contribution < 1.29 is 4.79 Å². The van der Waals surface area contributed by atoms with Crippen LogP contribution in [-0.4, -0.2) is 43.2 Å². The zero-order chi connectivity index (χ0) is 21.3. The van der Waals surface area contributed by atoms with Crippen molar-refractivity contribution in [1.82, 2.24) is 24.2 Å². The van der Waals surface area contributed by atoms with E-state index < -0.39 is 0 Å². The van der Waals surface area contributed by atoms with Gasteiger partial charge < -0.3 is 9.47 Å². The van der Waals surface area contributed by atoms with E-state index in [1.807, 2.05) is 18.7 Å². The van der Waals surface area contributed by atoms with Gasteiger partial charge >= 0.3 is 0 Å². The molecule has 1 saturated heterocycles. The van der Waals surface area contributed by atoms with Gasteiger partial charge in [0.25, 0.3) is 0 Å². The molecular formula is C24H33N5O. The molecule has 1 atom stereocenters. The quantitative estimate of drug-likeness (QED) is 0.617. The highest BCUT2D eigenvalue weighted by atomic mass is 16.2. The third-order valence-corrected chi connectivity index (χ3v) is 6.52. The van der Waals surface area contributed by atoms with Crippen LogP contribution in [0.5, 0.6) is 0 Å². The van der Waals surface area contributed by atoms with Crippen molar-refractivity contribution in [2.45, 2.75) is 65.3 Å². The number of imidazole rings is 1. The molecule has 0 bridgehead atoms. The van der Waals surface area contributed by atoms with E-state index in [4.69, 9.17) is 4.98 Å². The summed E-state index contributed by atoms with van der Waals surface area (Å²) in [5.41, 5.74) is 5.68. The fourth-order valence-electron chi connectivity index (χ4n) is 4.85. The number of para-hydroxylation sites is 2. The van der Waals surface area contributed by atoms with E-state index in [0.717, 1.165) is 68.0 Å². The number of rotatable bonds is 6. The van der Waals surface area contributed by atoms with Crippen LogP contribution in [0.3, 0.4) is 0 Å². The van der Waals surface area contributed by atoms with Gasteiger partial charge in [0.15, 0.2) is 0 Å². The number of aryl methyl sites for hydroxylation is 3. The largest absolute Gasteiger partial charge is 0.342 e. The van der Waals surface area contributed by atoms with Gasteiger partial charge in [-0.2, -0.15) is 5.10 Å². The van der Waals surface area contributed by atoms with Crippen LogP contribution in [0.1, 0.15) is 61.3 Å². The summed E-state index contributed by atoms with van der Waals surface area (Å²) in [7, 11) is 1.96. The molecule has 0 N–H and O–H groups in total. The first-order valence-corrected chi connectivity index (χ1v) is 11.2. The maximum Gasteiger partial charge on any atom is 0.222 e. The predicted octanol–water partition coefficient (Wildman–Crippen LogP) is 4.14. The lowest BCUT2D eigenvalue weighted by atomic mass is 9.96. The number of piperidine rings is 1. The summed E-state index contributed by atoms with van der Waals surface area (Å²) >= 11 is 0. The first-order valence-electron chi connectivity index (χ1n) is 11.2. The van der Waals surface area contributed by atoms with Crippen LogP contribution in [0.4, 0.5) is 0 Å². The number of aromatic nitrogens is 4. The molecule has 1 aliphatic heterocycles. The normalized spacial score (nSPS) is 17.1. The standard InChI is InChI=1S/C24H33N5O/c1-5-14-29-22-11-7-6-10-21(22)25-24(29)19-9-8-15-28(16-19)23(30)13-12-20-17(2)26-27(4)18(20)3/h6-7,10-11,19H,5,8-9,12-16H2,1-4H3. The van der Waals surface area contributed by atoms with E-state index in [0.29, 0.717) is 12.3 Å². The average molecular weight is 408 g/mol. The first kappa shape index (κ1) is 20.6. The van der Waals surface area contributed by atoms with Gasteiger partial charge in [0.2, 0.25) is 5.91 Å². The lowest BCUT2D eigenvalue weighted by Gasteiger charge is -2.33. The fourth-order valence-corrected chi connectivity index (χ4v) is 4.85. The van der Waals surface area contributed by atoms with E-state index in [1.165, 1.54) is 11.1 Å². The summed E-state index contributed by atoms with van der Waals surface area (Å²) in [6.07, 6.45) is 4.52. The lowest BCUT2D eigenvalue weighted by Crippen LogP contribution is -2.40. The lowest BCUT2D eigenvalue weighted by molar-refractivity contribution is -0.132. The number of hydrogen-bond donors (Lipinski definition) is 0. The number of likely N-dealkylation sites (tertiary alicyclic amines) is 1. The van der Waals surface area contributed by atoms with E-state index >= 15 is 0 Å². The Labute approximate surface area is 178 Å². The van der Waals surface area contributed by atoms with Crippen molar-refractivity contribution in [1.29, 1.82) is 0 Å². The number of fused-ring (bicyclic) bond motifs is 1. The maximum absolute atomic E-state index is 13.0. The zero-order valence-corrected chi connectivity index (χ0v) is 18.7. The molecule has 3 heterocycles. The van der Waals surface area contributed by atoms with Crippen molar-refractivity contribution in [2.24, 2.45) is 7.05 Å². The molecule has 1 fully saturated rings. The zero-order valence-electron chi connectivity index (χ0n) is 18.7. The maximum atomic E-state index is 13.0. The van der Waals surface area contributed by atoms with Crippen molar-refractivity contribution in [3.63, 3.8) is 0 Å². The second kappa shape index (κ2) is 8.62. The molecule has 0 spiro atoms. The summed E-state index contributed by atoms with van der Waals surface area (Å²) in [6.45, 7) is 8.92. The number of carbonyl (C=O) groups excluding carboxylic acids is 1. The molecule has 4 rings (SSSR count). The Morgan fingerprint density at radius 3 is 2.77 bits per heavy atom. The Kier molecular flexibility index (Phi) is 5.93. The molecular weight excluding hydrogens is 374 g/mol. The molecule has 3 aromatic rings. The Hall–Kier alpha value is -2.63. The van der Waals surface area contributed by atoms with Crippen LogP contribution >= 0.6 is 0 Å². The number of benzene rings is 1. The van der Waals surface area contributed by atoms with Crippen LogP contribution in [-0.2, 0) is 24.8 Å². The fraction of sp³-hybridized carbons (Fsp3) is 0.542. The van der Waals surface area contributed by atoms with Crippen molar-refractivity contribution >= 4 is 16.9 Å². The van der Waals surface area contributed by atoms with Gasteiger partial charge in [-0.25, -0.2) is 4.98 Å². The van der Waals surface area contributed by atoms with Gasteiger partial charge in [-0.05, 0) is 57.2 Å². The molecule has 30 heavy (non-hydrogen) atoms. The van der Waals surface area contributed by atoms with Gasteiger partial charge in [0, 0.05) is 44.7 Å². The molecule has 1 aliphatic rings. The SMILES string of the molecule is CCCn1c(C2CCCN(C(=O)CCc3c(C)nn(C)c3C)C2)nc2ccccc21. The second-order valence-electron chi connectivity index (χ2n) is 8.56. The third-order valence-electron chi connectivity index (χ3n) is 6.52. The smallest absolute Gasteiger partial charge is 0.222 e. The molecule has 1 unspecified atom stereocenters. The van der Waals surface area contributed by atoms with Crippen LogP contribution < -0.4 is 0 Å². The van der Waals surface area contributed by atoms with Gasteiger partial charge in [0.1, 0.15) is 5.82 Å². The Morgan fingerprint density at radius 1 is 1.23 bits per heavy atom. The Balaban J connectivity index is 1.49. The summed E-state index contributed by atoms with van der Waals surface area (Å²) in [5, 5.41) is 4.48. The summed E-state index contributed by atoms with van der Waals surface area (Å²) in [5.74, 6) is 1.71. The number of nitrogens with zero attached hydrogens (tertiary/aromatic N) is 5. The molecule has 160 valence electrons. The van der Waals surface area contributed by atoms with E-state index in [1.54, 1.807) is 0 Å². The van der Waals surface area contributed by atoms with E-state index in [9.17, 15) is 4.79 Å². The van der Waals surface area contributed by atoms with Gasteiger partial charge in [-0.15, -0.1) is 0 Å². The molecule has 1 amide bonds. The molecule has 0 aliphatic carbocycles. The molecule has 1 aromatic carbocycles. The monoisotopic (exact) mass is 407 g/mol. The van der Waals surface area contributed by atoms with Crippen molar-refractivity contribution in [3.05, 3.63) is 47.0 Å². The number of amides is 1.